The highest BCUT2D eigenvalue weighted by Crippen LogP contribution is 2.36. The third-order valence-electron chi connectivity index (χ3n) is 3.99. The molecule has 2 N–H and O–H groups in total. The summed E-state index contributed by atoms with van der Waals surface area (Å²) in [4.78, 5) is 0. The van der Waals surface area contributed by atoms with Gasteiger partial charge in [-0.05, 0) is 24.0 Å². The lowest BCUT2D eigenvalue weighted by Gasteiger charge is -2.18. The third-order valence-corrected chi connectivity index (χ3v) is 3.99. The molecule has 0 spiro atoms. The highest BCUT2D eigenvalue weighted by atomic mass is 19.4. The van der Waals surface area contributed by atoms with Crippen molar-refractivity contribution in [2.24, 2.45) is 5.92 Å². The topological polar surface area (TPSA) is 26.0 Å². The minimum absolute atomic E-state index is 0.0840. The molecular formula is C15H20F3N. The molecule has 1 aliphatic carbocycles. The molecule has 1 fully saturated rings. The summed E-state index contributed by atoms with van der Waals surface area (Å²) in [5.74, 6) is 0.480. The van der Waals surface area contributed by atoms with Crippen molar-refractivity contribution in [1.82, 2.24) is 0 Å². The second-order valence-electron chi connectivity index (χ2n) is 5.44. The molecular weight excluding hydrogens is 251 g/mol. The van der Waals surface area contributed by atoms with Crippen LogP contribution in [-0.2, 0) is 12.6 Å². The van der Waals surface area contributed by atoms with Gasteiger partial charge in [-0.3, -0.25) is 0 Å². The molecule has 0 amide bonds. The van der Waals surface area contributed by atoms with Crippen molar-refractivity contribution in [2.75, 3.05) is 5.73 Å². The maximum absolute atomic E-state index is 12.8. The summed E-state index contributed by atoms with van der Waals surface area (Å²) in [6.45, 7) is 0. The first-order valence-corrected chi connectivity index (χ1v) is 6.93. The van der Waals surface area contributed by atoms with Gasteiger partial charge in [0.05, 0.1) is 5.56 Å². The highest BCUT2D eigenvalue weighted by molar-refractivity contribution is 5.55. The largest absolute Gasteiger partial charge is 0.418 e. The van der Waals surface area contributed by atoms with Crippen LogP contribution in [0.15, 0.2) is 18.2 Å². The van der Waals surface area contributed by atoms with Crippen molar-refractivity contribution in [3.05, 3.63) is 29.3 Å². The quantitative estimate of drug-likeness (QED) is 0.606. The Bertz CT molecular complexity index is 418. The van der Waals surface area contributed by atoms with E-state index >= 15 is 0 Å². The van der Waals surface area contributed by atoms with Gasteiger partial charge in [0, 0.05) is 5.69 Å². The first kappa shape index (κ1) is 14.2. The lowest BCUT2D eigenvalue weighted by atomic mass is 9.91. The zero-order valence-electron chi connectivity index (χ0n) is 11.0. The van der Waals surface area contributed by atoms with Crippen LogP contribution in [0.5, 0.6) is 0 Å². The van der Waals surface area contributed by atoms with E-state index in [0.717, 1.165) is 18.9 Å². The number of nitrogen functional groups attached to an aromatic ring is 1. The van der Waals surface area contributed by atoms with Gasteiger partial charge in [-0.1, -0.05) is 50.7 Å². The monoisotopic (exact) mass is 271 g/mol. The molecule has 1 aromatic carbocycles. The van der Waals surface area contributed by atoms with Crippen molar-refractivity contribution < 1.29 is 13.2 Å². The minimum Gasteiger partial charge on any atom is -0.398 e. The number of anilines is 1. The Morgan fingerprint density at radius 2 is 1.68 bits per heavy atom. The average Bonchev–Trinajstić information content (AvgIpc) is 2.59. The fraction of sp³-hybridized carbons (Fsp3) is 0.600. The molecule has 0 saturated heterocycles. The number of hydrogen-bond donors (Lipinski definition) is 1. The first-order chi connectivity index (χ1) is 8.98. The van der Waals surface area contributed by atoms with Crippen molar-refractivity contribution >= 4 is 5.69 Å². The van der Waals surface area contributed by atoms with Gasteiger partial charge in [0.25, 0.3) is 0 Å². The van der Waals surface area contributed by atoms with Crippen LogP contribution in [-0.4, -0.2) is 0 Å². The number of halogens is 3. The summed E-state index contributed by atoms with van der Waals surface area (Å²) in [5.41, 5.74) is 5.58. The molecule has 0 atom stereocenters. The number of benzene rings is 1. The van der Waals surface area contributed by atoms with Crippen molar-refractivity contribution in [3.8, 4) is 0 Å². The van der Waals surface area contributed by atoms with Crippen LogP contribution in [0.1, 0.15) is 49.7 Å². The maximum Gasteiger partial charge on any atom is 0.418 e. The van der Waals surface area contributed by atoms with E-state index < -0.39 is 11.7 Å². The van der Waals surface area contributed by atoms with Gasteiger partial charge in [0.2, 0.25) is 0 Å². The smallest absolute Gasteiger partial charge is 0.398 e. The Labute approximate surface area is 112 Å². The second-order valence-corrected chi connectivity index (χ2v) is 5.44. The molecule has 1 aromatic rings. The molecule has 0 aliphatic heterocycles. The van der Waals surface area contributed by atoms with Crippen LogP contribution in [0.25, 0.3) is 0 Å². The standard InChI is InChI=1S/C15H20F3N/c16-15(17,18)13-9-5-8-12(14(13)19)10-11-6-3-1-2-4-7-11/h5,8-9,11H,1-4,6-7,10,19H2. The van der Waals surface area contributed by atoms with E-state index in [0.29, 0.717) is 17.9 Å². The molecule has 106 valence electrons. The van der Waals surface area contributed by atoms with E-state index in [1.807, 2.05) is 0 Å². The molecule has 2 rings (SSSR count). The molecule has 1 saturated carbocycles. The number of nitrogens with two attached hydrogens (primary N) is 1. The lowest BCUT2D eigenvalue weighted by Crippen LogP contribution is -2.12. The minimum atomic E-state index is -4.36. The fourth-order valence-electron chi connectivity index (χ4n) is 2.92. The predicted octanol–water partition coefficient (Wildman–Crippen LogP) is 4.80. The second kappa shape index (κ2) is 5.85. The zero-order valence-corrected chi connectivity index (χ0v) is 11.0. The van der Waals surface area contributed by atoms with Gasteiger partial charge in [-0.25, -0.2) is 0 Å². The van der Waals surface area contributed by atoms with Crippen LogP contribution < -0.4 is 5.73 Å². The Morgan fingerprint density at radius 1 is 1.05 bits per heavy atom. The van der Waals surface area contributed by atoms with Crippen LogP contribution in [0.3, 0.4) is 0 Å². The molecule has 0 unspecified atom stereocenters. The number of para-hydroxylation sites is 1. The van der Waals surface area contributed by atoms with E-state index in [4.69, 9.17) is 5.73 Å². The van der Waals surface area contributed by atoms with E-state index in [-0.39, 0.29) is 5.69 Å². The van der Waals surface area contributed by atoms with Gasteiger partial charge >= 0.3 is 6.18 Å². The molecule has 0 aromatic heterocycles. The van der Waals surface area contributed by atoms with Crippen molar-refractivity contribution in [2.45, 2.75) is 51.1 Å². The molecule has 0 bridgehead atoms. The SMILES string of the molecule is Nc1c(CC2CCCCCC2)cccc1C(F)(F)F. The average molecular weight is 271 g/mol. The first-order valence-electron chi connectivity index (χ1n) is 6.93. The lowest BCUT2D eigenvalue weighted by molar-refractivity contribution is -0.136. The molecule has 0 heterocycles. The third kappa shape index (κ3) is 3.64. The predicted molar refractivity (Wildman–Crippen MR) is 70.8 cm³/mol. The highest BCUT2D eigenvalue weighted by Gasteiger charge is 2.33. The molecule has 1 aliphatic rings. The van der Waals surface area contributed by atoms with E-state index in [2.05, 4.69) is 0 Å². The van der Waals surface area contributed by atoms with E-state index in [9.17, 15) is 13.2 Å². The molecule has 19 heavy (non-hydrogen) atoms. The summed E-state index contributed by atoms with van der Waals surface area (Å²) < 4.78 is 38.4. The number of hydrogen-bond acceptors (Lipinski definition) is 1. The van der Waals surface area contributed by atoms with Gasteiger partial charge < -0.3 is 5.73 Å². The van der Waals surface area contributed by atoms with Crippen molar-refractivity contribution in [1.29, 1.82) is 0 Å². The normalized spacial score (nSPS) is 18.3. The van der Waals surface area contributed by atoms with Gasteiger partial charge in [0.1, 0.15) is 0 Å². The summed E-state index contributed by atoms with van der Waals surface area (Å²) >= 11 is 0. The number of rotatable bonds is 2. The van der Waals surface area contributed by atoms with Crippen LogP contribution in [0, 0.1) is 5.92 Å². The molecule has 0 radical (unpaired) electrons. The molecule has 4 heteroatoms. The summed E-state index contributed by atoms with van der Waals surface area (Å²) in [7, 11) is 0. The van der Waals surface area contributed by atoms with Gasteiger partial charge in [0.15, 0.2) is 0 Å². The Balaban J connectivity index is 2.16. The Morgan fingerprint density at radius 3 is 2.26 bits per heavy atom. The Kier molecular flexibility index (Phi) is 4.38. The van der Waals surface area contributed by atoms with Crippen LogP contribution in [0.2, 0.25) is 0 Å². The van der Waals surface area contributed by atoms with Crippen LogP contribution >= 0.6 is 0 Å². The van der Waals surface area contributed by atoms with E-state index in [1.165, 1.54) is 31.7 Å². The van der Waals surface area contributed by atoms with Gasteiger partial charge in [-0.2, -0.15) is 13.2 Å². The van der Waals surface area contributed by atoms with Gasteiger partial charge in [-0.15, -0.1) is 0 Å². The summed E-state index contributed by atoms with van der Waals surface area (Å²) in [6.07, 6.45) is 3.39. The fourth-order valence-corrected chi connectivity index (χ4v) is 2.92. The summed E-state index contributed by atoms with van der Waals surface area (Å²) in [5, 5.41) is 0. The van der Waals surface area contributed by atoms with Crippen molar-refractivity contribution in [3.63, 3.8) is 0 Å². The number of alkyl halides is 3. The zero-order chi connectivity index (χ0) is 13.9. The van der Waals surface area contributed by atoms with E-state index in [1.54, 1.807) is 6.07 Å². The van der Waals surface area contributed by atoms with Crippen LogP contribution in [0.4, 0.5) is 18.9 Å². The Hall–Kier alpha value is -1.19. The maximum atomic E-state index is 12.8. The summed E-state index contributed by atoms with van der Waals surface area (Å²) in [6, 6.07) is 4.26. The molecule has 1 nitrogen and oxygen atoms in total.